The molecular formula is C65H64IrN4OSi-2. The maximum atomic E-state index is 8.65. The molecule has 5 nitrogen and oxygen atoms in total. The Labute approximate surface area is 444 Å². The number of imidazole rings is 1. The maximum Gasteiger partial charge on any atom is 0.121 e. The second-order valence-electron chi connectivity index (χ2n) is 21.8. The Bertz CT molecular complexity index is 3900. The minimum absolute atomic E-state index is 0. The van der Waals surface area contributed by atoms with E-state index in [9.17, 15) is 0 Å². The summed E-state index contributed by atoms with van der Waals surface area (Å²) in [6.07, 6.45) is 1.81. The second kappa shape index (κ2) is 19.5. The fraction of sp³-hybridized carbons (Fsp3) is 0.246. The van der Waals surface area contributed by atoms with Crippen LogP contribution >= 0.6 is 0 Å². The summed E-state index contributed by atoms with van der Waals surface area (Å²) in [6.45, 7) is 24.9. The van der Waals surface area contributed by atoms with Gasteiger partial charge in [-0.1, -0.05) is 152 Å². The van der Waals surface area contributed by atoms with Crippen LogP contribution in [0.2, 0.25) is 19.6 Å². The Morgan fingerprint density at radius 2 is 1.38 bits per heavy atom. The van der Waals surface area contributed by atoms with Crippen LogP contribution in [0.1, 0.15) is 97.9 Å². The van der Waals surface area contributed by atoms with Crippen molar-refractivity contribution in [3.05, 3.63) is 185 Å². The average Bonchev–Trinajstić information content (AvgIpc) is 3.96. The van der Waals surface area contributed by atoms with Gasteiger partial charge < -0.3 is 8.98 Å². The maximum absolute atomic E-state index is 8.65. The van der Waals surface area contributed by atoms with E-state index in [4.69, 9.17) is 13.5 Å². The van der Waals surface area contributed by atoms with Gasteiger partial charge in [-0.3, -0.25) is 15.0 Å². The SMILES string of the molecule is CC(C)(C)c1ccnc(-c2[c-]cccc2)n1.[2H]C([2H])([2H])c1c[c-]c(-c2nc3ccccc3n2-c2c(C(C)C)cc(-c3c(C)cc([Si](C)(C)C)cc3C)cc2C(C)C)c2oc3cc4c(ccc5ccccc54)cc3c12.[Ir]. The fourth-order valence-corrected chi connectivity index (χ4v) is 11.5. The number of furan rings is 1. The van der Waals surface area contributed by atoms with E-state index in [2.05, 4.69) is 181 Å². The monoisotopic (exact) mass is 1140 g/mol. The molecule has 0 aliphatic heterocycles. The zero-order chi connectivity index (χ0) is 52.6. The van der Waals surface area contributed by atoms with Crippen molar-refractivity contribution in [2.75, 3.05) is 0 Å². The molecule has 11 aromatic rings. The molecule has 7 heteroatoms. The number of para-hydroxylation sites is 2. The number of hydrogen-bond acceptors (Lipinski definition) is 4. The summed E-state index contributed by atoms with van der Waals surface area (Å²) < 4.78 is 35.1. The van der Waals surface area contributed by atoms with Crippen molar-refractivity contribution >= 4 is 67.8 Å². The van der Waals surface area contributed by atoms with Crippen LogP contribution in [0, 0.1) is 32.8 Å². The summed E-state index contributed by atoms with van der Waals surface area (Å²) in [5, 5.41) is 7.16. The van der Waals surface area contributed by atoms with Crippen LogP contribution in [0.5, 0.6) is 0 Å². The molecular weight excluding hydrogens is 1070 g/mol. The van der Waals surface area contributed by atoms with Crippen LogP contribution < -0.4 is 5.19 Å². The molecule has 0 fully saturated rings. The van der Waals surface area contributed by atoms with E-state index >= 15 is 0 Å². The summed E-state index contributed by atoms with van der Waals surface area (Å²) >= 11 is 0. The van der Waals surface area contributed by atoms with Crippen molar-refractivity contribution in [2.24, 2.45) is 0 Å². The average molecular weight is 1140 g/mol. The fourth-order valence-electron chi connectivity index (χ4n) is 10.2. The standard InChI is InChI=1S/C51H49N2OSi.C14H15N2.Ir/c1-29(2)40-26-36(47-32(6)23-37(24-33(47)7)55(8,9)10)27-41(30(3)4)49(40)53-45-18-14-13-17-44(45)52-51(53)39-22-19-31(5)48-43-25-35-21-20-34-15-11-12-16-38(34)42(35)28-46(43)54-50(39)48;1-14(2,3)12-9-10-15-13(16-12)11-7-5-4-6-8-11;/h11-21,23-30H,1-10H3;4-7,9-10H,1-3H3;/q2*-1;/i5D3;;. The molecule has 3 heterocycles. The Hall–Kier alpha value is -6.50. The molecule has 8 aromatic carbocycles. The molecule has 365 valence electrons. The Balaban J connectivity index is 0.000000346. The van der Waals surface area contributed by atoms with E-state index in [1.807, 2.05) is 60.8 Å². The molecule has 11 rings (SSSR count). The van der Waals surface area contributed by atoms with E-state index in [0.717, 1.165) is 60.7 Å². The summed E-state index contributed by atoms with van der Waals surface area (Å²) in [5.74, 6) is 1.77. The summed E-state index contributed by atoms with van der Waals surface area (Å²) in [7, 11) is -1.51. The molecule has 1 radical (unpaired) electrons. The van der Waals surface area contributed by atoms with Gasteiger partial charge >= 0.3 is 0 Å². The second-order valence-corrected chi connectivity index (χ2v) is 26.9. The largest absolute Gasteiger partial charge is 0.501 e. The number of fused-ring (bicyclic) bond motifs is 7. The summed E-state index contributed by atoms with van der Waals surface area (Å²) in [4.78, 5) is 14.2. The van der Waals surface area contributed by atoms with Gasteiger partial charge in [-0.2, -0.15) is 0 Å². The molecule has 0 unspecified atom stereocenters. The van der Waals surface area contributed by atoms with Crippen molar-refractivity contribution < 1.29 is 28.6 Å². The van der Waals surface area contributed by atoms with Crippen molar-refractivity contribution in [1.29, 1.82) is 0 Å². The Kier molecular flexibility index (Phi) is 12.6. The number of rotatable bonds is 7. The van der Waals surface area contributed by atoms with Crippen LogP contribution in [0.25, 0.3) is 94.1 Å². The molecule has 0 bridgehead atoms. The summed E-state index contributed by atoms with van der Waals surface area (Å²) in [6, 6.07) is 52.5. The number of aryl methyl sites for hydroxylation is 3. The van der Waals surface area contributed by atoms with Gasteiger partial charge in [0, 0.05) is 52.6 Å². The van der Waals surface area contributed by atoms with E-state index in [1.54, 1.807) is 6.07 Å². The molecule has 72 heavy (non-hydrogen) atoms. The predicted octanol–water partition coefficient (Wildman–Crippen LogP) is 17.3. The smallest absolute Gasteiger partial charge is 0.121 e. The number of benzene rings is 8. The molecule has 0 saturated heterocycles. The first-order valence-corrected chi connectivity index (χ1v) is 28.4. The van der Waals surface area contributed by atoms with E-state index < -0.39 is 14.9 Å². The Morgan fingerprint density at radius 3 is 2.04 bits per heavy atom. The van der Waals surface area contributed by atoms with Crippen LogP contribution in [0.4, 0.5) is 0 Å². The van der Waals surface area contributed by atoms with Crippen molar-refractivity contribution in [3.8, 4) is 39.6 Å². The van der Waals surface area contributed by atoms with Crippen LogP contribution in [-0.4, -0.2) is 27.6 Å². The van der Waals surface area contributed by atoms with Gasteiger partial charge in [0.05, 0.1) is 36.3 Å². The first-order valence-electron chi connectivity index (χ1n) is 26.4. The third-order valence-corrected chi connectivity index (χ3v) is 15.9. The van der Waals surface area contributed by atoms with E-state index in [-0.39, 0.29) is 42.9 Å². The van der Waals surface area contributed by atoms with Gasteiger partial charge in [0.1, 0.15) is 5.58 Å². The van der Waals surface area contributed by atoms with Gasteiger partial charge in [-0.05, 0) is 123 Å². The van der Waals surface area contributed by atoms with E-state index in [1.165, 1.54) is 38.6 Å². The molecule has 0 saturated carbocycles. The third-order valence-electron chi connectivity index (χ3n) is 13.9. The molecule has 0 N–H and O–H groups in total. The number of hydrogen-bond donors (Lipinski definition) is 0. The molecule has 0 aliphatic carbocycles. The topological polar surface area (TPSA) is 56.7 Å². The van der Waals surface area contributed by atoms with Crippen LogP contribution in [-0.2, 0) is 25.5 Å². The van der Waals surface area contributed by atoms with Gasteiger partial charge in [0.15, 0.2) is 0 Å². The molecule has 0 atom stereocenters. The predicted molar refractivity (Wildman–Crippen MR) is 303 cm³/mol. The van der Waals surface area contributed by atoms with Crippen LogP contribution in [0.15, 0.2) is 144 Å². The van der Waals surface area contributed by atoms with Gasteiger partial charge in [0.2, 0.25) is 0 Å². The van der Waals surface area contributed by atoms with Crippen molar-refractivity contribution in [3.63, 3.8) is 0 Å². The van der Waals surface area contributed by atoms with Gasteiger partial charge in [-0.25, -0.2) is 0 Å². The molecule has 0 aliphatic rings. The van der Waals surface area contributed by atoms with E-state index in [0.29, 0.717) is 27.9 Å². The Morgan fingerprint density at radius 1 is 0.694 bits per heavy atom. The third kappa shape index (κ3) is 9.28. The first kappa shape index (κ1) is 46.6. The minimum atomic E-state index is -2.39. The zero-order valence-electron chi connectivity index (χ0n) is 46.5. The van der Waals surface area contributed by atoms with Gasteiger partial charge in [0.25, 0.3) is 0 Å². The molecule has 0 spiro atoms. The van der Waals surface area contributed by atoms with Crippen LogP contribution in [0.3, 0.4) is 0 Å². The quantitative estimate of drug-likeness (QED) is 0.0906. The van der Waals surface area contributed by atoms with Crippen molar-refractivity contribution in [2.45, 2.75) is 106 Å². The van der Waals surface area contributed by atoms with Crippen molar-refractivity contribution in [1.82, 2.24) is 19.5 Å². The molecule has 0 amide bonds. The number of aromatic nitrogens is 4. The molecule has 3 aromatic heterocycles. The minimum Gasteiger partial charge on any atom is -0.501 e. The summed E-state index contributed by atoms with van der Waals surface area (Å²) in [5.41, 5.74) is 14.5. The number of nitrogens with zero attached hydrogens (tertiary/aromatic N) is 4. The normalized spacial score (nSPS) is 12.9. The van der Waals surface area contributed by atoms with Gasteiger partial charge in [-0.15, -0.1) is 53.6 Å². The zero-order valence-corrected chi connectivity index (χ0v) is 46.9. The first-order chi connectivity index (χ1) is 35.1.